The molecule has 0 amide bonds. The van der Waals surface area contributed by atoms with Crippen LogP contribution in [0.4, 0.5) is 0 Å². The monoisotopic (exact) mass is 216 g/mol. The third-order valence-corrected chi connectivity index (χ3v) is 3.18. The minimum Gasteiger partial charge on any atom is -0.464 e. The van der Waals surface area contributed by atoms with Crippen LogP contribution in [0.25, 0.3) is 0 Å². The Morgan fingerprint density at radius 1 is 1.38 bits per heavy atom. The average Bonchev–Trinajstić information content (AvgIpc) is 2.84. The lowest BCUT2D eigenvalue weighted by Crippen LogP contribution is -2.38. The van der Waals surface area contributed by atoms with Crippen LogP contribution in [0.1, 0.15) is 17.5 Å². The lowest BCUT2D eigenvalue weighted by Gasteiger charge is -2.22. The number of fused-ring (bicyclic) bond motifs is 1. The summed E-state index contributed by atoms with van der Waals surface area (Å²) in [6.45, 7) is 1.12. The van der Waals surface area contributed by atoms with Gasteiger partial charge in [-0.05, 0) is 5.56 Å². The molecule has 0 spiro atoms. The van der Waals surface area contributed by atoms with Gasteiger partial charge in [0.25, 0.3) is 0 Å². The molecule has 0 saturated carbocycles. The largest absolute Gasteiger partial charge is 0.464 e. The first-order valence-electron chi connectivity index (χ1n) is 5.37. The Balaban J connectivity index is 1.92. The van der Waals surface area contributed by atoms with Gasteiger partial charge in [0.1, 0.15) is 11.9 Å². The number of carbonyl (C=O) groups is 1. The van der Waals surface area contributed by atoms with Crippen molar-refractivity contribution in [2.75, 3.05) is 6.61 Å². The summed E-state index contributed by atoms with van der Waals surface area (Å²) in [4.78, 5) is 13.3. The molecule has 0 radical (unpaired) electrons. The Hall–Kier alpha value is -1.84. The van der Waals surface area contributed by atoms with Gasteiger partial charge in [-0.25, -0.2) is 4.79 Å². The molecule has 2 aliphatic rings. The van der Waals surface area contributed by atoms with Crippen LogP contribution in [0, 0.1) is 5.41 Å². The Morgan fingerprint density at radius 2 is 2.19 bits per heavy atom. The van der Waals surface area contributed by atoms with Crippen LogP contribution < -0.4 is 0 Å². The zero-order chi connectivity index (χ0) is 11.1. The zero-order valence-corrected chi connectivity index (χ0v) is 8.77. The average molecular weight is 216 g/mol. The standard InChI is InChI=1S/C12H12N2O2/c13-11-9-4-2-1-3-8(9)7-14(11)10-5-6-16-12(10)15/h1-4,10,13H,5-7H2. The highest BCUT2D eigenvalue weighted by atomic mass is 16.5. The van der Waals surface area contributed by atoms with Crippen molar-refractivity contribution in [3.05, 3.63) is 35.4 Å². The number of ether oxygens (including phenoxy) is 1. The fraction of sp³-hybridized carbons (Fsp3) is 0.333. The van der Waals surface area contributed by atoms with Gasteiger partial charge in [-0.1, -0.05) is 24.3 Å². The maximum Gasteiger partial charge on any atom is 0.328 e. The molecule has 1 aromatic rings. The molecule has 1 aromatic carbocycles. The highest BCUT2D eigenvalue weighted by Crippen LogP contribution is 2.27. The Morgan fingerprint density at radius 3 is 2.88 bits per heavy atom. The van der Waals surface area contributed by atoms with Crippen molar-refractivity contribution in [2.24, 2.45) is 0 Å². The summed E-state index contributed by atoms with van der Waals surface area (Å²) >= 11 is 0. The maximum absolute atomic E-state index is 11.5. The molecule has 2 aliphatic heterocycles. The van der Waals surface area contributed by atoms with Crippen LogP contribution in [0.2, 0.25) is 0 Å². The van der Waals surface area contributed by atoms with Crippen molar-refractivity contribution in [3.8, 4) is 0 Å². The molecule has 82 valence electrons. The van der Waals surface area contributed by atoms with Crippen LogP contribution in [0.3, 0.4) is 0 Å². The molecule has 4 heteroatoms. The van der Waals surface area contributed by atoms with E-state index in [1.807, 2.05) is 29.2 Å². The SMILES string of the molecule is N=C1c2ccccc2CN1C1CCOC1=O. The van der Waals surface area contributed by atoms with E-state index in [0.717, 1.165) is 11.1 Å². The third kappa shape index (κ3) is 1.23. The second kappa shape index (κ2) is 3.33. The number of rotatable bonds is 1. The van der Waals surface area contributed by atoms with E-state index in [4.69, 9.17) is 10.1 Å². The lowest BCUT2D eigenvalue weighted by molar-refractivity contribution is -0.141. The summed E-state index contributed by atoms with van der Waals surface area (Å²) in [5.74, 6) is 0.247. The van der Waals surface area contributed by atoms with Gasteiger partial charge in [-0.15, -0.1) is 0 Å². The van der Waals surface area contributed by atoms with Crippen LogP contribution >= 0.6 is 0 Å². The number of nitrogens with zero attached hydrogens (tertiary/aromatic N) is 1. The summed E-state index contributed by atoms with van der Waals surface area (Å²) in [5.41, 5.74) is 2.05. The molecule has 3 rings (SSSR count). The van der Waals surface area contributed by atoms with Gasteiger partial charge in [0.05, 0.1) is 6.61 Å². The Labute approximate surface area is 93.3 Å². The van der Waals surface area contributed by atoms with Gasteiger partial charge in [0.15, 0.2) is 0 Å². The molecule has 0 aliphatic carbocycles. The molecular weight excluding hydrogens is 204 g/mol. The number of amidine groups is 1. The van der Waals surface area contributed by atoms with Gasteiger partial charge in [-0.3, -0.25) is 5.41 Å². The highest BCUT2D eigenvalue weighted by Gasteiger charge is 2.37. The van der Waals surface area contributed by atoms with E-state index in [9.17, 15) is 4.79 Å². The lowest BCUT2D eigenvalue weighted by atomic mass is 10.1. The molecule has 4 nitrogen and oxygen atoms in total. The van der Waals surface area contributed by atoms with E-state index >= 15 is 0 Å². The molecule has 1 N–H and O–H groups in total. The quantitative estimate of drug-likeness (QED) is 0.716. The van der Waals surface area contributed by atoms with Crippen molar-refractivity contribution in [1.82, 2.24) is 4.90 Å². The fourth-order valence-electron chi connectivity index (χ4n) is 2.34. The van der Waals surface area contributed by atoms with E-state index in [1.165, 1.54) is 0 Å². The predicted octanol–water partition coefficient (Wildman–Crippen LogP) is 1.14. The van der Waals surface area contributed by atoms with Crippen LogP contribution in [0.5, 0.6) is 0 Å². The van der Waals surface area contributed by atoms with Gasteiger partial charge >= 0.3 is 5.97 Å². The summed E-state index contributed by atoms with van der Waals surface area (Å²) in [6, 6.07) is 7.55. The Kier molecular flexibility index (Phi) is 1.96. The number of esters is 1. The van der Waals surface area contributed by atoms with Crippen molar-refractivity contribution < 1.29 is 9.53 Å². The first-order chi connectivity index (χ1) is 7.77. The van der Waals surface area contributed by atoms with E-state index < -0.39 is 0 Å². The molecule has 1 fully saturated rings. The molecule has 0 bridgehead atoms. The highest BCUT2D eigenvalue weighted by molar-refractivity contribution is 6.02. The third-order valence-electron chi connectivity index (χ3n) is 3.18. The number of carbonyl (C=O) groups excluding carboxylic acids is 1. The van der Waals surface area contributed by atoms with Gasteiger partial charge in [-0.2, -0.15) is 0 Å². The second-order valence-electron chi connectivity index (χ2n) is 4.11. The van der Waals surface area contributed by atoms with Crippen molar-refractivity contribution in [2.45, 2.75) is 19.0 Å². The fourth-order valence-corrected chi connectivity index (χ4v) is 2.34. The van der Waals surface area contributed by atoms with E-state index in [1.54, 1.807) is 0 Å². The summed E-state index contributed by atoms with van der Waals surface area (Å²) < 4.78 is 4.95. The molecule has 1 unspecified atom stereocenters. The topological polar surface area (TPSA) is 53.4 Å². The smallest absolute Gasteiger partial charge is 0.328 e. The van der Waals surface area contributed by atoms with Crippen molar-refractivity contribution in [1.29, 1.82) is 5.41 Å². The molecule has 16 heavy (non-hydrogen) atoms. The van der Waals surface area contributed by atoms with Crippen LogP contribution in [-0.4, -0.2) is 29.4 Å². The van der Waals surface area contributed by atoms with Crippen molar-refractivity contribution >= 4 is 11.8 Å². The number of cyclic esters (lactones) is 1. The molecule has 0 aromatic heterocycles. The number of nitrogens with one attached hydrogen (secondary N) is 1. The molecule has 1 atom stereocenters. The van der Waals surface area contributed by atoms with Crippen LogP contribution in [-0.2, 0) is 16.1 Å². The number of benzene rings is 1. The van der Waals surface area contributed by atoms with Gasteiger partial charge in [0.2, 0.25) is 0 Å². The maximum atomic E-state index is 11.5. The number of hydrogen-bond donors (Lipinski definition) is 1. The van der Waals surface area contributed by atoms with Gasteiger partial charge < -0.3 is 9.64 Å². The van der Waals surface area contributed by atoms with Gasteiger partial charge in [0, 0.05) is 18.5 Å². The minimum atomic E-state index is -0.264. The van der Waals surface area contributed by atoms with Crippen molar-refractivity contribution in [3.63, 3.8) is 0 Å². The summed E-state index contributed by atoms with van der Waals surface area (Å²) in [7, 11) is 0. The summed E-state index contributed by atoms with van der Waals surface area (Å²) in [6.07, 6.45) is 0.690. The second-order valence-corrected chi connectivity index (χ2v) is 4.11. The first kappa shape index (κ1) is 9.39. The van der Waals surface area contributed by atoms with Crippen LogP contribution in [0.15, 0.2) is 24.3 Å². The molecule has 2 heterocycles. The van der Waals surface area contributed by atoms with E-state index in [2.05, 4.69) is 0 Å². The molecule has 1 saturated heterocycles. The van der Waals surface area contributed by atoms with E-state index in [0.29, 0.717) is 25.4 Å². The predicted molar refractivity (Wildman–Crippen MR) is 58.2 cm³/mol. The minimum absolute atomic E-state index is 0.197. The first-order valence-corrected chi connectivity index (χ1v) is 5.37. The molecular formula is C12H12N2O2. The number of hydrogen-bond acceptors (Lipinski definition) is 3. The zero-order valence-electron chi connectivity index (χ0n) is 8.77. The van der Waals surface area contributed by atoms with E-state index in [-0.39, 0.29) is 12.0 Å². The normalized spacial score (nSPS) is 23.5. The summed E-state index contributed by atoms with van der Waals surface area (Å²) in [5, 5.41) is 8.06. The Bertz CT molecular complexity index is 470.